The molecule has 4 rings (SSSR count). The van der Waals surface area contributed by atoms with Crippen LogP contribution in [0.1, 0.15) is 12.5 Å². The van der Waals surface area contributed by atoms with Crippen LogP contribution in [0.15, 0.2) is 67.0 Å². The van der Waals surface area contributed by atoms with Crippen molar-refractivity contribution >= 4 is 11.0 Å². The minimum Gasteiger partial charge on any atom is -0.489 e. The van der Waals surface area contributed by atoms with E-state index in [-0.39, 0.29) is 5.82 Å². The fourth-order valence-corrected chi connectivity index (χ4v) is 2.99. The van der Waals surface area contributed by atoms with Crippen LogP contribution in [0.5, 0.6) is 5.75 Å². The highest BCUT2D eigenvalue weighted by Gasteiger charge is 2.12. The van der Waals surface area contributed by atoms with E-state index in [1.807, 2.05) is 36.4 Å². The summed E-state index contributed by atoms with van der Waals surface area (Å²) in [6.45, 7) is 3.29. The summed E-state index contributed by atoms with van der Waals surface area (Å²) < 4.78 is 21.4. The molecule has 2 aromatic carbocycles. The predicted octanol–water partition coefficient (Wildman–Crippen LogP) is 4.84. The number of hydrogen-bond donors (Lipinski definition) is 0. The summed E-state index contributed by atoms with van der Waals surface area (Å²) in [5, 5.41) is 0. The van der Waals surface area contributed by atoms with Gasteiger partial charge >= 0.3 is 0 Å². The largest absolute Gasteiger partial charge is 0.489 e. The van der Waals surface area contributed by atoms with Gasteiger partial charge in [-0.25, -0.2) is 9.37 Å². The normalized spacial score (nSPS) is 11.0. The highest BCUT2D eigenvalue weighted by Crippen LogP contribution is 2.27. The predicted molar refractivity (Wildman–Crippen MR) is 99.4 cm³/mol. The zero-order valence-corrected chi connectivity index (χ0v) is 14.4. The van der Waals surface area contributed by atoms with E-state index in [4.69, 9.17) is 4.74 Å². The van der Waals surface area contributed by atoms with Crippen LogP contribution in [0.3, 0.4) is 0 Å². The van der Waals surface area contributed by atoms with E-state index in [1.165, 1.54) is 12.1 Å². The second-order valence-corrected chi connectivity index (χ2v) is 5.99. The first kappa shape index (κ1) is 16.3. The Hall–Kier alpha value is -3.21. The van der Waals surface area contributed by atoms with Crippen molar-refractivity contribution in [3.63, 3.8) is 0 Å². The molecule has 4 aromatic rings. The maximum absolute atomic E-state index is 13.5. The lowest BCUT2D eigenvalue weighted by Gasteiger charge is -2.08. The van der Waals surface area contributed by atoms with Crippen molar-refractivity contribution in [1.29, 1.82) is 0 Å². The number of nitrogens with zero attached hydrogens (tertiary/aromatic N) is 3. The van der Waals surface area contributed by atoms with Crippen LogP contribution in [-0.4, -0.2) is 14.5 Å². The molecule has 2 aromatic heterocycles. The molecule has 0 spiro atoms. The summed E-state index contributed by atoms with van der Waals surface area (Å²) in [6, 6.07) is 16.4. The smallest absolute Gasteiger partial charge is 0.141 e. The number of hydrogen-bond acceptors (Lipinski definition) is 3. The Morgan fingerprint density at radius 1 is 1.08 bits per heavy atom. The van der Waals surface area contributed by atoms with Gasteiger partial charge in [-0.1, -0.05) is 6.07 Å². The lowest BCUT2D eigenvalue weighted by molar-refractivity contribution is 0.306. The lowest BCUT2D eigenvalue weighted by Crippen LogP contribution is -1.98. The third kappa shape index (κ3) is 3.16. The summed E-state index contributed by atoms with van der Waals surface area (Å²) in [5.74, 6) is 1.33. The number of imidazole rings is 1. The molecule has 2 heterocycles. The standard InChI is InChI=1S/C21H18FN3O/c1-2-25-20-10-7-17(22)12-19(20)24-21(25)16-5-8-18(9-6-16)26-14-15-4-3-11-23-13-15/h3-13H,2,14H2,1H3. The topological polar surface area (TPSA) is 39.9 Å². The van der Waals surface area contributed by atoms with Gasteiger partial charge in [0.2, 0.25) is 0 Å². The first-order valence-electron chi connectivity index (χ1n) is 8.52. The Morgan fingerprint density at radius 3 is 2.65 bits per heavy atom. The first-order chi connectivity index (χ1) is 12.7. The van der Waals surface area contributed by atoms with Crippen molar-refractivity contribution in [3.05, 3.63) is 78.4 Å². The average molecular weight is 347 g/mol. The molecule has 5 heteroatoms. The maximum Gasteiger partial charge on any atom is 0.141 e. The Bertz CT molecular complexity index is 1030. The van der Waals surface area contributed by atoms with Crippen molar-refractivity contribution in [2.24, 2.45) is 0 Å². The molecular formula is C21H18FN3O. The van der Waals surface area contributed by atoms with E-state index in [9.17, 15) is 4.39 Å². The van der Waals surface area contributed by atoms with Gasteiger partial charge in [-0.05, 0) is 49.4 Å². The van der Waals surface area contributed by atoms with E-state index in [1.54, 1.807) is 18.5 Å². The van der Waals surface area contributed by atoms with Gasteiger partial charge in [0.25, 0.3) is 0 Å². The van der Waals surface area contributed by atoms with Crippen LogP contribution in [0.4, 0.5) is 4.39 Å². The maximum atomic E-state index is 13.5. The molecule has 0 radical (unpaired) electrons. The summed E-state index contributed by atoms with van der Waals surface area (Å²) >= 11 is 0. The molecule has 0 aliphatic heterocycles. The van der Waals surface area contributed by atoms with Crippen LogP contribution >= 0.6 is 0 Å². The molecule has 0 saturated carbocycles. The number of pyridine rings is 1. The molecule has 0 atom stereocenters. The SMILES string of the molecule is CCn1c(-c2ccc(OCc3cccnc3)cc2)nc2cc(F)ccc21. The molecule has 0 aliphatic carbocycles. The number of aryl methyl sites for hydroxylation is 1. The van der Waals surface area contributed by atoms with Crippen molar-refractivity contribution in [3.8, 4) is 17.1 Å². The third-order valence-corrected chi connectivity index (χ3v) is 4.27. The monoisotopic (exact) mass is 347 g/mol. The Morgan fingerprint density at radius 2 is 1.92 bits per heavy atom. The van der Waals surface area contributed by atoms with Crippen molar-refractivity contribution in [1.82, 2.24) is 14.5 Å². The average Bonchev–Trinajstić information content (AvgIpc) is 3.05. The Balaban J connectivity index is 1.59. The number of aromatic nitrogens is 3. The molecule has 0 N–H and O–H groups in total. The fraction of sp³-hybridized carbons (Fsp3) is 0.143. The summed E-state index contributed by atoms with van der Waals surface area (Å²) in [4.78, 5) is 8.69. The minimum absolute atomic E-state index is 0.274. The highest BCUT2D eigenvalue weighted by molar-refractivity contribution is 5.80. The van der Waals surface area contributed by atoms with Crippen LogP contribution in [0.25, 0.3) is 22.4 Å². The number of ether oxygens (including phenoxy) is 1. The first-order valence-corrected chi connectivity index (χ1v) is 8.52. The Labute approximate surface area is 150 Å². The minimum atomic E-state index is -0.274. The van der Waals surface area contributed by atoms with Crippen molar-refractivity contribution in [2.45, 2.75) is 20.1 Å². The lowest BCUT2D eigenvalue weighted by atomic mass is 10.2. The molecular weight excluding hydrogens is 329 g/mol. The summed E-state index contributed by atoms with van der Waals surface area (Å²) in [6.07, 6.45) is 3.53. The fourth-order valence-electron chi connectivity index (χ4n) is 2.99. The van der Waals surface area contributed by atoms with E-state index >= 15 is 0 Å². The van der Waals surface area contributed by atoms with Gasteiger partial charge in [0.15, 0.2) is 0 Å². The highest BCUT2D eigenvalue weighted by atomic mass is 19.1. The molecule has 130 valence electrons. The van der Waals surface area contributed by atoms with Gasteiger partial charge in [0.05, 0.1) is 11.0 Å². The molecule has 4 nitrogen and oxygen atoms in total. The van der Waals surface area contributed by atoms with E-state index < -0.39 is 0 Å². The molecule has 26 heavy (non-hydrogen) atoms. The van der Waals surface area contributed by atoms with E-state index in [2.05, 4.69) is 21.5 Å². The second kappa shape index (κ2) is 6.96. The number of halogens is 1. The summed E-state index contributed by atoms with van der Waals surface area (Å²) in [7, 11) is 0. The molecule has 0 amide bonds. The van der Waals surface area contributed by atoms with Gasteiger partial charge in [0, 0.05) is 36.1 Å². The van der Waals surface area contributed by atoms with E-state index in [0.717, 1.165) is 34.8 Å². The van der Waals surface area contributed by atoms with Crippen molar-refractivity contribution < 1.29 is 9.13 Å². The van der Waals surface area contributed by atoms with Gasteiger partial charge in [-0.15, -0.1) is 0 Å². The third-order valence-electron chi connectivity index (χ3n) is 4.27. The van der Waals surface area contributed by atoms with Crippen LogP contribution < -0.4 is 4.74 Å². The van der Waals surface area contributed by atoms with Gasteiger partial charge in [-0.3, -0.25) is 4.98 Å². The van der Waals surface area contributed by atoms with Crippen molar-refractivity contribution in [2.75, 3.05) is 0 Å². The molecule has 0 bridgehead atoms. The van der Waals surface area contributed by atoms with Gasteiger partial charge in [0.1, 0.15) is 24.0 Å². The second-order valence-electron chi connectivity index (χ2n) is 5.99. The number of benzene rings is 2. The van der Waals surface area contributed by atoms with Crippen LogP contribution in [-0.2, 0) is 13.2 Å². The zero-order chi connectivity index (χ0) is 17.9. The molecule has 0 fully saturated rings. The van der Waals surface area contributed by atoms with Crippen LogP contribution in [0.2, 0.25) is 0 Å². The molecule has 0 unspecified atom stereocenters. The molecule has 0 aliphatic rings. The van der Waals surface area contributed by atoms with Crippen LogP contribution in [0, 0.1) is 5.82 Å². The number of rotatable bonds is 5. The van der Waals surface area contributed by atoms with Gasteiger partial charge in [-0.2, -0.15) is 0 Å². The Kier molecular flexibility index (Phi) is 4.35. The van der Waals surface area contributed by atoms with E-state index in [0.29, 0.717) is 12.1 Å². The molecule has 0 saturated heterocycles. The summed E-state index contributed by atoms with van der Waals surface area (Å²) in [5.41, 5.74) is 3.59. The zero-order valence-electron chi connectivity index (χ0n) is 14.4. The quantitative estimate of drug-likeness (QED) is 0.519. The van der Waals surface area contributed by atoms with Gasteiger partial charge < -0.3 is 9.30 Å². The number of fused-ring (bicyclic) bond motifs is 1.